The number of carbonyl (C=O) groups excluding carboxylic acids is 1. The first-order valence-corrected chi connectivity index (χ1v) is 8.18. The van der Waals surface area contributed by atoms with Crippen molar-refractivity contribution in [3.8, 4) is 11.5 Å². The third-order valence-electron chi connectivity index (χ3n) is 4.29. The zero-order valence-electron chi connectivity index (χ0n) is 13.7. The van der Waals surface area contributed by atoms with Crippen LogP contribution in [0.25, 0.3) is 11.5 Å². The molecule has 25 heavy (non-hydrogen) atoms. The van der Waals surface area contributed by atoms with Crippen molar-refractivity contribution in [3.05, 3.63) is 42.5 Å². The highest BCUT2D eigenvalue weighted by Gasteiger charge is 2.24. The second kappa shape index (κ2) is 6.56. The molecule has 2 unspecified atom stereocenters. The fourth-order valence-corrected chi connectivity index (χ4v) is 2.89. The molecule has 1 N–H and O–H groups in total. The molecule has 3 aromatic heterocycles. The van der Waals surface area contributed by atoms with E-state index in [0.29, 0.717) is 17.2 Å². The first-order chi connectivity index (χ1) is 12.2. The summed E-state index contributed by atoms with van der Waals surface area (Å²) >= 11 is 0. The van der Waals surface area contributed by atoms with E-state index in [1.165, 1.54) is 12.3 Å². The highest BCUT2D eigenvalue weighted by molar-refractivity contribution is 6.03. The van der Waals surface area contributed by atoms with Gasteiger partial charge in [0.25, 0.3) is 5.91 Å². The van der Waals surface area contributed by atoms with Gasteiger partial charge in [-0.05, 0) is 31.9 Å². The molecular weight excluding hydrogens is 324 g/mol. The highest BCUT2D eigenvalue weighted by Crippen LogP contribution is 2.25. The predicted molar refractivity (Wildman–Crippen MR) is 88.1 cm³/mol. The number of rotatable bonds is 5. The summed E-state index contributed by atoms with van der Waals surface area (Å²) in [5.41, 5.74) is 0.767. The van der Waals surface area contributed by atoms with Gasteiger partial charge in [0.15, 0.2) is 11.5 Å². The maximum absolute atomic E-state index is 12.3. The number of amides is 1. The Balaban J connectivity index is 1.43. The number of nitrogens with one attached hydrogen (secondary N) is 1. The maximum atomic E-state index is 12.3. The lowest BCUT2D eigenvalue weighted by atomic mass is 10.1. The van der Waals surface area contributed by atoms with E-state index in [0.717, 1.165) is 19.4 Å². The van der Waals surface area contributed by atoms with E-state index in [1.807, 2.05) is 4.68 Å². The second-order valence-corrected chi connectivity index (χ2v) is 6.01. The van der Waals surface area contributed by atoms with E-state index in [4.69, 9.17) is 13.7 Å². The standard InChI is InChI=1S/C17H18N4O4/c1-11(14-4-2-6-23-14)21-10-12(9-18-21)19-17(22)13-8-16(25-20-13)15-5-3-7-24-15/h3,5,7-11,14H,2,4,6H2,1H3,(H,19,22). The lowest BCUT2D eigenvalue weighted by molar-refractivity contribution is 0.0692. The third-order valence-corrected chi connectivity index (χ3v) is 4.29. The molecule has 8 heteroatoms. The summed E-state index contributed by atoms with van der Waals surface area (Å²) in [6.07, 6.45) is 7.19. The number of nitrogens with zero attached hydrogens (tertiary/aromatic N) is 3. The zero-order valence-corrected chi connectivity index (χ0v) is 13.7. The van der Waals surface area contributed by atoms with Gasteiger partial charge in [0.1, 0.15) is 0 Å². The van der Waals surface area contributed by atoms with Gasteiger partial charge in [-0.1, -0.05) is 5.16 Å². The Hall–Kier alpha value is -2.87. The Morgan fingerprint density at radius 3 is 3.12 bits per heavy atom. The summed E-state index contributed by atoms with van der Waals surface area (Å²) in [5, 5.41) is 10.9. The second-order valence-electron chi connectivity index (χ2n) is 6.01. The molecule has 8 nitrogen and oxygen atoms in total. The summed E-state index contributed by atoms with van der Waals surface area (Å²) in [4.78, 5) is 12.3. The van der Waals surface area contributed by atoms with E-state index in [1.54, 1.807) is 24.5 Å². The number of furan rings is 1. The molecule has 1 saturated heterocycles. The number of anilines is 1. The minimum Gasteiger partial charge on any atom is -0.461 e. The Morgan fingerprint density at radius 2 is 2.36 bits per heavy atom. The Labute approximate surface area is 143 Å². The minimum absolute atomic E-state index is 0.116. The average Bonchev–Trinajstić information content (AvgIpc) is 3.42. The average molecular weight is 342 g/mol. The molecule has 2 atom stereocenters. The molecule has 3 aromatic rings. The first kappa shape index (κ1) is 15.6. The predicted octanol–water partition coefficient (Wildman–Crippen LogP) is 3.12. The summed E-state index contributed by atoms with van der Waals surface area (Å²) < 4.78 is 17.9. The third kappa shape index (κ3) is 3.20. The van der Waals surface area contributed by atoms with Crippen LogP contribution >= 0.6 is 0 Å². The van der Waals surface area contributed by atoms with Gasteiger partial charge in [0, 0.05) is 18.9 Å². The van der Waals surface area contributed by atoms with Gasteiger partial charge in [-0.15, -0.1) is 0 Å². The molecule has 4 rings (SSSR count). The van der Waals surface area contributed by atoms with Crippen LogP contribution < -0.4 is 5.32 Å². The quantitative estimate of drug-likeness (QED) is 0.765. The molecule has 1 amide bonds. The topological polar surface area (TPSA) is 95.3 Å². The molecule has 1 aliphatic rings. The van der Waals surface area contributed by atoms with E-state index in [-0.39, 0.29) is 23.7 Å². The fourth-order valence-electron chi connectivity index (χ4n) is 2.89. The van der Waals surface area contributed by atoms with Crippen molar-refractivity contribution < 1.29 is 18.5 Å². The molecule has 0 saturated carbocycles. The normalized spacial score (nSPS) is 18.4. The summed E-state index contributed by atoms with van der Waals surface area (Å²) in [6, 6.07) is 5.12. The molecule has 0 bridgehead atoms. The van der Waals surface area contributed by atoms with Crippen molar-refractivity contribution in [3.63, 3.8) is 0 Å². The SMILES string of the molecule is CC(C1CCCO1)n1cc(NC(=O)c2cc(-c3ccco3)on2)cn1. The molecule has 1 fully saturated rings. The van der Waals surface area contributed by atoms with Crippen LogP contribution in [0.1, 0.15) is 36.3 Å². The molecule has 1 aliphatic heterocycles. The van der Waals surface area contributed by atoms with Gasteiger partial charge in [0.2, 0.25) is 5.76 Å². The van der Waals surface area contributed by atoms with Crippen molar-refractivity contribution in [1.29, 1.82) is 0 Å². The number of carbonyl (C=O) groups is 1. The Bertz CT molecular complexity index is 846. The lowest BCUT2D eigenvalue weighted by Crippen LogP contribution is -2.21. The number of ether oxygens (including phenoxy) is 1. The molecule has 130 valence electrons. The van der Waals surface area contributed by atoms with Gasteiger partial charge in [-0.2, -0.15) is 5.10 Å². The van der Waals surface area contributed by atoms with Crippen molar-refractivity contribution in [2.45, 2.75) is 31.9 Å². The van der Waals surface area contributed by atoms with E-state index < -0.39 is 0 Å². The zero-order chi connectivity index (χ0) is 17.2. The summed E-state index contributed by atoms with van der Waals surface area (Å²) in [6.45, 7) is 2.85. The van der Waals surface area contributed by atoms with Crippen LogP contribution in [0.2, 0.25) is 0 Å². The van der Waals surface area contributed by atoms with Crippen molar-refractivity contribution in [2.24, 2.45) is 0 Å². The van der Waals surface area contributed by atoms with Crippen molar-refractivity contribution >= 4 is 11.6 Å². The largest absolute Gasteiger partial charge is 0.461 e. The molecule has 0 radical (unpaired) electrons. The maximum Gasteiger partial charge on any atom is 0.277 e. The van der Waals surface area contributed by atoms with Crippen LogP contribution in [0.5, 0.6) is 0 Å². The van der Waals surface area contributed by atoms with Crippen LogP contribution in [-0.2, 0) is 4.74 Å². The van der Waals surface area contributed by atoms with E-state index >= 15 is 0 Å². The first-order valence-electron chi connectivity index (χ1n) is 8.18. The van der Waals surface area contributed by atoms with Crippen molar-refractivity contribution in [2.75, 3.05) is 11.9 Å². The van der Waals surface area contributed by atoms with Gasteiger partial charge < -0.3 is 19.0 Å². The Morgan fingerprint density at radius 1 is 1.44 bits per heavy atom. The number of hydrogen-bond acceptors (Lipinski definition) is 6. The van der Waals surface area contributed by atoms with E-state index in [2.05, 4.69) is 22.5 Å². The van der Waals surface area contributed by atoms with Crippen LogP contribution in [0.3, 0.4) is 0 Å². The lowest BCUT2D eigenvalue weighted by Gasteiger charge is -2.18. The highest BCUT2D eigenvalue weighted by atomic mass is 16.5. The van der Waals surface area contributed by atoms with Crippen LogP contribution in [0, 0.1) is 0 Å². The molecule has 0 aliphatic carbocycles. The van der Waals surface area contributed by atoms with E-state index in [9.17, 15) is 4.79 Å². The summed E-state index contributed by atoms with van der Waals surface area (Å²) in [5.74, 6) is 0.550. The van der Waals surface area contributed by atoms with Crippen LogP contribution in [0.4, 0.5) is 5.69 Å². The van der Waals surface area contributed by atoms with Gasteiger partial charge in [-0.25, -0.2) is 0 Å². The van der Waals surface area contributed by atoms with Crippen molar-refractivity contribution in [1.82, 2.24) is 14.9 Å². The number of aromatic nitrogens is 3. The van der Waals surface area contributed by atoms with Crippen LogP contribution in [-0.4, -0.2) is 33.6 Å². The fraction of sp³-hybridized carbons (Fsp3) is 0.353. The molecular formula is C17H18N4O4. The molecule has 4 heterocycles. The molecule has 0 spiro atoms. The van der Waals surface area contributed by atoms with Gasteiger partial charge >= 0.3 is 0 Å². The Kier molecular flexibility index (Phi) is 4.10. The molecule has 0 aromatic carbocycles. The smallest absolute Gasteiger partial charge is 0.277 e. The monoisotopic (exact) mass is 342 g/mol. The number of hydrogen-bond donors (Lipinski definition) is 1. The summed E-state index contributed by atoms with van der Waals surface area (Å²) in [7, 11) is 0. The van der Waals surface area contributed by atoms with Gasteiger partial charge in [0.05, 0.1) is 30.3 Å². The minimum atomic E-state index is -0.370. The van der Waals surface area contributed by atoms with Gasteiger partial charge in [-0.3, -0.25) is 9.48 Å². The van der Waals surface area contributed by atoms with Crippen LogP contribution in [0.15, 0.2) is 45.8 Å².